The smallest absolute Gasteiger partial charge is 0.307 e. The van der Waals surface area contributed by atoms with E-state index in [1.54, 1.807) is 7.11 Å². The van der Waals surface area contributed by atoms with Crippen molar-refractivity contribution in [2.24, 2.45) is 0 Å². The van der Waals surface area contributed by atoms with E-state index in [2.05, 4.69) is 10.1 Å². The lowest BCUT2D eigenvalue weighted by molar-refractivity contribution is -0.141. The van der Waals surface area contributed by atoms with E-state index in [-0.39, 0.29) is 12.0 Å². The van der Waals surface area contributed by atoms with Crippen molar-refractivity contribution in [3.05, 3.63) is 0 Å². The molecule has 0 radical (unpaired) electrons. The number of nitrogens with one attached hydrogen (secondary N) is 1. The van der Waals surface area contributed by atoms with Gasteiger partial charge < -0.3 is 14.8 Å². The summed E-state index contributed by atoms with van der Waals surface area (Å²) in [6.45, 7) is 2.00. The largest absolute Gasteiger partial charge is 0.469 e. The predicted molar refractivity (Wildman–Crippen MR) is 57.7 cm³/mol. The molecule has 1 N–H and O–H groups in total. The highest BCUT2D eigenvalue weighted by Gasteiger charge is 2.28. The zero-order valence-corrected chi connectivity index (χ0v) is 9.79. The molecule has 3 unspecified atom stereocenters. The second-order valence-corrected chi connectivity index (χ2v) is 4.16. The van der Waals surface area contributed by atoms with Gasteiger partial charge in [0, 0.05) is 19.2 Å². The molecule has 0 bridgehead atoms. The van der Waals surface area contributed by atoms with E-state index in [0.29, 0.717) is 18.6 Å². The van der Waals surface area contributed by atoms with E-state index in [1.807, 2.05) is 6.92 Å². The summed E-state index contributed by atoms with van der Waals surface area (Å²) in [6.07, 6.45) is 4.15. The minimum absolute atomic E-state index is 0.151. The minimum Gasteiger partial charge on any atom is -0.469 e. The van der Waals surface area contributed by atoms with Gasteiger partial charge in [-0.25, -0.2) is 0 Å². The van der Waals surface area contributed by atoms with Crippen LogP contribution < -0.4 is 5.32 Å². The lowest BCUT2D eigenvalue weighted by Gasteiger charge is -2.23. The van der Waals surface area contributed by atoms with Crippen LogP contribution in [0.15, 0.2) is 0 Å². The lowest BCUT2D eigenvalue weighted by Crippen LogP contribution is -2.42. The van der Waals surface area contributed by atoms with Crippen LogP contribution in [-0.4, -0.2) is 38.4 Å². The Morgan fingerprint density at radius 3 is 2.80 bits per heavy atom. The minimum atomic E-state index is -0.165. The van der Waals surface area contributed by atoms with Crippen LogP contribution >= 0.6 is 0 Å². The van der Waals surface area contributed by atoms with E-state index in [4.69, 9.17) is 4.74 Å². The molecule has 88 valence electrons. The Morgan fingerprint density at radius 2 is 2.20 bits per heavy atom. The van der Waals surface area contributed by atoms with E-state index in [0.717, 1.165) is 12.8 Å². The van der Waals surface area contributed by atoms with Crippen molar-refractivity contribution in [1.29, 1.82) is 0 Å². The van der Waals surface area contributed by atoms with Gasteiger partial charge in [-0.3, -0.25) is 4.79 Å². The van der Waals surface area contributed by atoms with Gasteiger partial charge in [0.25, 0.3) is 0 Å². The fourth-order valence-electron chi connectivity index (χ4n) is 2.16. The summed E-state index contributed by atoms with van der Waals surface area (Å²) in [4.78, 5) is 11.1. The third kappa shape index (κ3) is 3.80. The second kappa shape index (κ2) is 6.08. The van der Waals surface area contributed by atoms with Crippen molar-refractivity contribution < 1.29 is 14.3 Å². The molecule has 15 heavy (non-hydrogen) atoms. The molecule has 4 nitrogen and oxygen atoms in total. The van der Waals surface area contributed by atoms with Crippen LogP contribution in [0.5, 0.6) is 0 Å². The first-order valence-electron chi connectivity index (χ1n) is 5.53. The van der Waals surface area contributed by atoms with Gasteiger partial charge in [0.05, 0.1) is 19.6 Å². The third-order valence-electron chi connectivity index (χ3n) is 2.95. The summed E-state index contributed by atoms with van der Waals surface area (Å²) in [7, 11) is 3.16. The molecular formula is C11H21NO3. The second-order valence-electron chi connectivity index (χ2n) is 4.16. The molecule has 0 amide bonds. The SMILES string of the molecule is COC(=O)CC(C)NC1CCCC1OC. The normalized spacial score (nSPS) is 27.7. The summed E-state index contributed by atoms with van der Waals surface area (Å²) in [5.41, 5.74) is 0. The molecule has 1 aliphatic rings. The van der Waals surface area contributed by atoms with Crippen molar-refractivity contribution in [3.63, 3.8) is 0 Å². The highest BCUT2D eigenvalue weighted by molar-refractivity contribution is 5.69. The van der Waals surface area contributed by atoms with Crippen LogP contribution in [0, 0.1) is 0 Å². The van der Waals surface area contributed by atoms with Crippen LogP contribution in [0.25, 0.3) is 0 Å². The fourth-order valence-corrected chi connectivity index (χ4v) is 2.16. The summed E-state index contributed by atoms with van der Waals surface area (Å²) in [6, 6.07) is 0.535. The Bertz CT molecular complexity index is 208. The molecule has 0 aromatic rings. The van der Waals surface area contributed by atoms with Gasteiger partial charge in [-0.15, -0.1) is 0 Å². The Hall–Kier alpha value is -0.610. The Kier molecular flexibility index (Phi) is 5.05. The number of hydrogen-bond donors (Lipinski definition) is 1. The Morgan fingerprint density at radius 1 is 1.47 bits per heavy atom. The standard InChI is InChI=1S/C11H21NO3/c1-8(7-11(13)15-3)12-9-5-4-6-10(9)14-2/h8-10,12H,4-7H2,1-3H3. The van der Waals surface area contributed by atoms with Crippen LogP contribution in [0.2, 0.25) is 0 Å². The average Bonchev–Trinajstić information content (AvgIpc) is 2.64. The molecule has 0 heterocycles. The number of rotatable bonds is 5. The monoisotopic (exact) mass is 215 g/mol. The highest BCUT2D eigenvalue weighted by Crippen LogP contribution is 2.22. The fraction of sp³-hybridized carbons (Fsp3) is 0.909. The maximum absolute atomic E-state index is 11.1. The van der Waals surface area contributed by atoms with Crippen molar-refractivity contribution in [2.45, 2.75) is 50.8 Å². The molecule has 1 aliphatic carbocycles. The van der Waals surface area contributed by atoms with E-state index >= 15 is 0 Å². The first-order valence-corrected chi connectivity index (χ1v) is 5.53. The summed E-state index contributed by atoms with van der Waals surface area (Å²) >= 11 is 0. The van der Waals surface area contributed by atoms with Crippen LogP contribution in [0.3, 0.4) is 0 Å². The van der Waals surface area contributed by atoms with Crippen molar-refractivity contribution >= 4 is 5.97 Å². The average molecular weight is 215 g/mol. The maximum Gasteiger partial charge on any atom is 0.307 e. The van der Waals surface area contributed by atoms with E-state index in [1.165, 1.54) is 13.5 Å². The molecule has 0 saturated heterocycles. The molecule has 4 heteroatoms. The quantitative estimate of drug-likeness (QED) is 0.698. The molecule has 3 atom stereocenters. The third-order valence-corrected chi connectivity index (χ3v) is 2.95. The number of methoxy groups -OCH3 is 2. The predicted octanol–water partition coefficient (Wildman–Crippen LogP) is 1.10. The molecule has 1 fully saturated rings. The van der Waals surface area contributed by atoms with Crippen LogP contribution in [0.1, 0.15) is 32.6 Å². The van der Waals surface area contributed by atoms with Gasteiger partial charge in [0.1, 0.15) is 0 Å². The topological polar surface area (TPSA) is 47.6 Å². The summed E-state index contributed by atoms with van der Waals surface area (Å²) in [5.74, 6) is -0.165. The molecule has 0 aromatic carbocycles. The van der Waals surface area contributed by atoms with Gasteiger partial charge >= 0.3 is 5.97 Å². The van der Waals surface area contributed by atoms with Gasteiger partial charge in [0.15, 0.2) is 0 Å². The molecule has 0 spiro atoms. The molecule has 0 aromatic heterocycles. The Labute approximate surface area is 91.3 Å². The lowest BCUT2D eigenvalue weighted by atomic mass is 10.1. The molecule has 0 aliphatic heterocycles. The first-order chi connectivity index (χ1) is 7.17. The number of hydrogen-bond acceptors (Lipinski definition) is 4. The van der Waals surface area contributed by atoms with Crippen LogP contribution in [-0.2, 0) is 14.3 Å². The molecule has 1 rings (SSSR count). The molecular weight excluding hydrogens is 194 g/mol. The van der Waals surface area contributed by atoms with Gasteiger partial charge in [-0.05, 0) is 26.2 Å². The number of carbonyl (C=O) groups excluding carboxylic acids is 1. The summed E-state index contributed by atoms with van der Waals surface area (Å²) < 4.78 is 10.0. The van der Waals surface area contributed by atoms with Gasteiger partial charge in [0.2, 0.25) is 0 Å². The number of carbonyl (C=O) groups is 1. The van der Waals surface area contributed by atoms with E-state index in [9.17, 15) is 4.79 Å². The highest BCUT2D eigenvalue weighted by atomic mass is 16.5. The van der Waals surface area contributed by atoms with E-state index < -0.39 is 0 Å². The van der Waals surface area contributed by atoms with Gasteiger partial charge in [-0.1, -0.05) is 0 Å². The zero-order valence-electron chi connectivity index (χ0n) is 9.79. The first kappa shape index (κ1) is 12.5. The molecule has 1 saturated carbocycles. The van der Waals surface area contributed by atoms with Gasteiger partial charge in [-0.2, -0.15) is 0 Å². The Balaban J connectivity index is 2.30. The van der Waals surface area contributed by atoms with Crippen LogP contribution in [0.4, 0.5) is 0 Å². The summed E-state index contributed by atoms with van der Waals surface area (Å²) in [5, 5.41) is 3.42. The number of esters is 1. The number of ether oxygens (including phenoxy) is 2. The van der Waals surface area contributed by atoms with Crippen molar-refractivity contribution in [1.82, 2.24) is 5.32 Å². The van der Waals surface area contributed by atoms with Crippen molar-refractivity contribution in [2.75, 3.05) is 14.2 Å². The maximum atomic E-state index is 11.1. The van der Waals surface area contributed by atoms with Crippen molar-refractivity contribution in [3.8, 4) is 0 Å². The zero-order chi connectivity index (χ0) is 11.3.